The number of hydrogen-bond acceptors (Lipinski definition) is 2. The van der Waals surface area contributed by atoms with Crippen molar-refractivity contribution in [3.63, 3.8) is 0 Å². The van der Waals surface area contributed by atoms with Crippen molar-refractivity contribution in [3.8, 4) is 22.3 Å². The van der Waals surface area contributed by atoms with Gasteiger partial charge in [0.15, 0.2) is 11.6 Å². The second-order valence-electron chi connectivity index (χ2n) is 8.41. The SMILES string of the molecule is O=C1C=CC(=O)C(C2Cc3c(-c4ccccc4)c(-c4ccccc4)cc4cccc2c34)=C1. The first-order valence-electron chi connectivity index (χ1n) is 10.9. The highest BCUT2D eigenvalue weighted by Gasteiger charge is 2.33. The van der Waals surface area contributed by atoms with Crippen LogP contribution in [-0.2, 0) is 16.0 Å². The third kappa shape index (κ3) is 2.88. The van der Waals surface area contributed by atoms with Gasteiger partial charge in [-0.05, 0) is 74.9 Å². The summed E-state index contributed by atoms with van der Waals surface area (Å²) in [4.78, 5) is 24.8. The molecule has 0 N–H and O–H groups in total. The fourth-order valence-corrected chi connectivity index (χ4v) is 5.24. The van der Waals surface area contributed by atoms with Crippen molar-refractivity contribution >= 4 is 22.3 Å². The van der Waals surface area contributed by atoms with Crippen LogP contribution in [0.4, 0.5) is 0 Å². The van der Waals surface area contributed by atoms with Gasteiger partial charge < -0.3 is 0 Å². The van der Waals surface area contributed by atoms with Crippen LogP contribution in [0.2, 0.25) is 0 Å². The summed E-state index contributed by atoms with van der Waals surface area (Å²) in [6, 6.07) is 29.5. The van der Waals surface area contributed by atoms with Gasteiger partial charge in [0.25, 0.3) is 0 Å². The molecule has 2 aliphatic carbocycles. The molecule has 2 heteroatoms. The third-order valence-electron chi connectivity index (χ3n) is 6.59. The molecule has 1 unspecified atom stereocenters. The number of rotatable bonds is 3. The molecule has 0 amide bonds. The Morgan fingerprint density at radius 3 is 2.19 bits per heavy atom. The van der Waals surface area contributed by atoms with Crippen LogP contribution in [0.25, 0.3) is 33.0 Å². The fraction of sp³-hybridized carbons (Fsp3) is 0.0667. The average molecular weight is 412 g/mol. The van der Waals surface area contributed by atoms with Gasteiger partial charge in [0, 0.05) is 11.5 Å². The molecule has 0 spiro atoms. The highest BCUT2D eigenvalue weighted by Crippen LogP contribution is 2.49. The van der Waals surface area contributed by atoms with Crippen molar-refractivity contribution in [2.24, 2.45) is 0 Å². The Morgan fingerprint density at radius 2 is 1.44 bits per heavy atom. The van der Waals surface area contributed by atoms with Crippen molar-refractivity contribution in [3.05, 3.63) is 120 Å². The van der Waals surface area contributed by atoms with Crippen LogP contribution in [0, 0.1) is 0 Å². The summed E-state index contributed by atoms with van der Waals surface area (Å²) in [7, 11) is 0. The highest BCUT2D eigenvalue weighted by atomic mass is 16.1. The highest BCUT2D eigenvalue weighted by molar-refractivity contribution is 6.18. The molecule has 0 aromatic heterocycles. The molecule has 4 aromatic carbocycles. The van der Waals surface area contributed by atoms with Crippen LogP contribution >= 0.6 is 0 Å². The lowest BCUT2D eigenvalue weighted by atomic mass is 9.85. The lowest BCUT2D eigenvalue weighted by molar-refractivity contribution is -0.114. The minimum Gasteiger partial charge on any atom is -0.290 e. The van der Waals surface area contributed by atoms with Gasteiger partial charge in [0.05, 0.1) is 0 Å². The summed E-state index contributed by atoms with van der Waals surface area (Å²) in [5.74, 6) is -0.288. The molecule has 152 valence electrons. The second-order valence-corrected chi connectivity index (χ2v) is 8.41. The van der Waals surface area contributed by atoms with E-state index < -0.39 is 0 Å². The lowest BCUT2D eigenvalue weighted by Gasteiger charge is -2.17. The summed E-state index contributed by atoms with van der Waals surface area (Å²) < 4.78 is 0. The van der Waals surface area contributed by atoms with E-state index in [4.69, 9.17) is 0 Å². The molecular weight excluding hydrogens is 392 g/mol. The van der Waals surface area contributed by atoms with E-state index in [0.29, 0.717) is 12.0 Å². The fourth-order valence-electron chi connectivity index (χ4n) is 5.24. The molecule has 0 radical (unpaired) electrons. The average Bonchev–Trinajstić information content (AvgIpc) is 3.22. The van der Waals surface area contributed by atoms with E-state index in [1.807, 2.05) is 12.1 Å². The minimum absolute atomic E-state index is 0.0658. The van der Waals surface area contributed by atoms with Crippen molar-refractivity contribution in [2.75, 3.05) is 0 Å². The first-order valence-corrected chi connectivity index (χ1v) is 10.9. The smallest absolute Gasteiger partial charge is 0.182 e. The normalized spacial score (nSPS) is 17.1. The van der Waals surface area contributed by atoms with E-state index >= 15 is 0 Å². The number of carbonyl (C=O) groups excluding carboxylic acids is 2. The first-order chi connectivity index (χ1) is 15.7. The van der Waals surface area contributed by atoms with Crippen LogP contribution in [0.3, 0.4) is 0 Å². The summed E-state index contributed by atoms with van der Waals surface area (Å²) in [5, 5.41) is 2.39. The summed E-state index contributed by atoms with van der Waals surface area (Å²) in [6.07, 6.45) is 5.00. The maximum atomic E-state index is 12.7. The summed E-state index contributed by atoms with van der Waals surface area (Å²) in [5.41, 5.74) is 7.73. The van der Waals surface area contributed by atoms with E-state index in [9.17, 15) is 9.59 Å². The Balaban J connectivity index is 1.65. The van der Waals surface area contributed by atoms with Crippen LogP contribution in [0.5, 0.6) is 0 Å². The van der Waals surface area contributed by atoms with E-state index in [2.05, 4.69) is 72.8 Å². The molecular formula is C30H20O2. The predicted octanol–water partition coefficient (Wildman–Crippen LogP) is 6.45. The van der Waals surface area contributed by atoms with Gasteiger partial charge in [-0.25, -0.2) is 0 Å². The van der Waals surface area contributed by atoms with Crippen molar-refractivity contribution < 1.29 is 9.59 Å². The predicted molar refractivity (Wildman–Crippen MR) is 129 cm³/mol. The maximum absolute atomic E-state index is 12.7. The zero-order valence-electron chi connectivity index (χ0n) is 17.4. The second kappa shape index (κ2) is 7.28. The molecule has 32 heavy (non-hydrogen) atoms. The van der Waals surface area contributed by atoms with Crippen molar-refractivity contribution in [1.82, 2.24) is 0 Å². The van der Waals surface area contributed by atoms with E-state index in [-0.39, 0.29) is 17.5 Å². The molecule has 4 aromatic rings. The topological polar surface area (TPSA) is 34.1 Å². The maximum Gasteiger partial charge on any atom is 0.182 e. The number of hydrogen-bond donors (Lipinski definition) is 0. The molecule has 0 saturated carbocycles. The summed E-state index contributed by atoms with van der Waals surface area (Å²) in [6.45, 7) is 0. The van der Waals surface area contributed by atoms with Crippen LogP contribution in [0.15, 0.2) is 109 Å². The molecule has 0 fully saturated rings. The van der Waals surface area contributed by atoms with Gasteiger partial charge in [-0.2, -0.15) is 0 Å². The number of carbonyl (C=O) groups is 2. The van der Waals surface area contributed by atoms with Gasteiger partial charge in [0.1, 0.15) is 0 Å². The zero-order chi connectivity index (χ0) is 21.7. The van der Waals surface area contributed by atoms with Gasteiger partial charge >= 0.3 is 0 Å². The van der Waals surface area contributed by atoms with Gasteiger partial charge in [-0.1, -0.05) is 78.9 Å². The van der Waals surface area contributed by atoms with Gasteiger partial charge in [0.2, 0.25) is 0 Å². The molecule has 0 aliphatic heterocycles. The minimum atomic E-state index is -0.115. The van der Waals surface area contributed by atoms with Crippen LogP contribution in [-0.4, -0.2) is 11.6 Å². The monoisotopic (exact) mass is 412 g/mol. The van der Waals surface area contributed by atoms with Crippen LogP contribution in [0.1, 0.15) is 17.0 Å². The standard InChI is InChI=1S/C30H20O2/c31-22-14-15-28(32)26(17-22)25-18-27-29(20-10-5-2-6-11-20)24(19-8-3-1-4-9-19)16-21-12-7-13-23(25)30(21)27/h1-17,25H,18H2. The molecule has 0 saturated heterocycles. The molecule has 0 heterocycles. The quantitative estimate of drug-likeness (QED) is 0.363. The Labute approximate surface area is 186 Å². The van der Waals surface area contributed by atoms with Crippen LogP contribution < -0.4 is 0 Å². The third-order valence-corrected chi connectivity index (χ3v) is 6.59. The molecule has 0 bridgehead atoms. The van der Waals surface area contributed by atoms with E-state index in [1.165, 1.54) is 56.8 Å². The molecule has 6 rings (SSSR count). The van der Waals surface area contributed by atoms with Crippen molar-refractivity contribution in [2.45, 2.75) is 12.3 Å². The Morgan fingerprint density at radius 1 is 0.719 bits per heavy atom. The number of benzene rings is 4. The number of ketones is 2. The van der Waals surface area contributed by atoms with Gasteiger partial charge in [-0.15, -0.1) is 0 Å². The zero-order valence-corrected chi connectivity index (χ0v) is 17.4. The Kier molecular flexibility index (Phi) is 4.26. The molecule has 1 atom stereocenters. The van der Waals surface area contributed by atoms with E-state index in [1.54, 1.807) is 0 Å². The van der Waals surface area contributed by atoms with Gasteiger partial charge in [-0.3, -0.25) is 9.59 Å². The summed E-state index contributed by atoms with van der Waals surface area (Å²) >= 11 is 0. The first kappa shape index (κ1) is 18.7. The lowest BCUT2D eigenvalue weighted by Crippen LogP contribution is -2.14. The number of allylic oxidation sites excluding steroid dienone is 4. The van der Waals surface area contributed by atoms with E-state index in [0.717, 1.165) is 5.56 Å². The Bertz CT molecular complexity index is 1460. The molecule has 2 nitrogen and oxygen atoms in total. The largest absolute Gasteiger partial charge is 0.290 e. The Hall–Kier alpha value is -4.04. The van der Waals surface area contributed by atoms with Crippen molar-refractivity contribution in [1.29, 1.82) is 0 Å². The molecule has 2 aliphatic rings.